The number of hydrogen-bond acceptors (Lipinski definition) is 2. The van der Waals surface area contributed by atoms with Crippen LogP contribution < -0.4 is 0 Å². The van der Waals surface area contributed by atoms with Gasteiger partial charge in [0.2, 0.25) is 0 Å². The van der Waals surface area contributed by atoms with Gasteiger partial charge in [-0.2, -0.15) is 0 Å². The van der Waals surface area contributed by atoms with Crippen molar-refractivity contribution in [2.45, 2.75) is 64.0 Å². The molecule has 0 unspecified atom stereocenters. The summed E-state index contributed by atoms with van der Waals surface area (Å²) in [5.41, 5.74) is 1.20. The molecule has 4 heteroatoms. The summed E-state index contributed by atoms with van der Waals surface area (Å²) in [5, 5.41) is 10.8. The first-order valence-corrected chi connectivity index (χ1v) is 8.57. The number of aromatic nitrogens is 1. The fourth-order valence-electron chi connectivity index (χ4n) is 4.52. The molecule has 1 aliphatic heterocycles. The molecule has 2 aliphatic rings. The minimum Gasteiger partial charge on any atom is -0.390 e. The van der Waals surface area contributed by atoms with Gasteiger partial charge in [0.15, 0.2) is 0 Å². The average molecular weight is 304 g/mol. The van der Waals surface area contributed by atoms with E-state index in [4.69, 9.17) is 0 Å². The average Bonchev–Trinajstić information content (AvgIpc) is 3.05. The van der Waals surface area contributed by atoms with Gasteiger partial charge in [-0.1, -0.05) is 12.8 Å². The molecule has 22 heavy (non-hydrogen) atoms. The number of aliphatic hydroxyl groups is 1. The summed E-state index contributed by atoms with van der Waals surface area (Å²) in [7, 11) is 1.93. The maximum absolute atomic E-state index is 13.0. The van der Waals surface area contributed by atoms with Gasteiger partial charge in [0.05, 0.1) is 5.60 Å². The Balaban J connectivity index is 1.86. The zero-order valence-electron chi connectivity index (χ0n) is 14.0. The molecule has 3 atom stereocenters. The number of carbonyl (C=O) groups excluding carboxylic acids is 1. The smallest absolute Gasteiger partial charge is 0.271 e. The number of carbonyl (C=O) groups is 1. The van der Waals surface area contributed by atoms with Crippen LogP contribution in [0.15, 0.2) is 12.3 Å². The molecule has 0 radical (unpaired) electrons. The van der Waals surface area contributed by atoms with E-state index in [2.05, 4.69) is 0 Å². The Morgan fingerprint density at radius 1 is 1.32 bits per heavy atom. The van der Waals surface area contributed by atoms with Crippen LogP contribution in [0.1, 0.15) is 61.5 Å². The van der Waals surface area contributed by atoms with Crippen LogP contribution in [-0.4, -0.2) is 38.7 Å². The second kappa shape index (κ2) is 5.73. The van der Waals surface area contributed by atoms with Crippen LogP contribution in [-0.2, 0) is 7.05 Å². The number of nitrogens with zero attached hydrogens (tertiary/aromatic N) is 2. The van der Waals surface area contributed by atoms with E-state index in [1.165, 1.54) is 6.42 Å². The minimum absolute atomic E-state index is 0.133. The van der Waals surface area contributed by atoms with Crippen molar-refractivity contribution < 1.29 is 9.90 Å². The summed E-state index contributed by atoms with van der Waals surface area (Å²) >= 11 is 0. The zero-order valence-corrected chi connectivity index (χ0v) is 14.0. The van der Waals surface area contributed by atoms with Crippen LogP contribution in [0.25, 0.3) is 0 Å². The molecule has 4 nitrogen and oxygen atoms in total. The van der Waals surface area contributed by atoms with Crippen LogP contribution in [0.2, 0.25) is 0 Å². The Kier molecular flexibility index (Phi) is 4.06. The SMILES string of the molecule is Cc1ccn(C)c1C(=O)N1CCC[C@@H]1[C@@H]1CCCC[C@]1(C)O. The molecule has 0 spiro atoms. The van der Waals surface area contributed by atoms with Gasteiger partial charge >= 0.3 is 0 Å². The molecule has 0 aromatic carbocycles. The highest BCUT2D eigenvalue weighted by Crippen LogP contribution is 2.41. The first kappa shape index (κ1) is 15.6. The van der Waals surface area contributed by atoms with E-state index in [0.717, 1.165) is 49.9 Å². The number of hydrogen-bond donors (Lipinski definition) is 1. The van der Waals surface area contributed by atoms with Crippen molar-refractivity contribution in [2.24, 2.45) is 13.0 Å². The molecule has 1 aromatic rings. The topological polar surface area (TPSA) is 45.5 Å². The summed E-state index contributed by atoms with van der Waals surface area (Å²) in [6, 6.07) is 2.19. The normalized spacial score (nSPS) is 32.5. The minimum atomic E-state index is -0.630. The van der Waals surface area contributed by atoms with E-state index in [1.54, 1.807) is 0 Å². The summed E-state index contributed by atoms with van der Waals surface area (Å²) in [5.74, 6) is 0.349. The molecule has 1 aromatic heterocycles. The molecule has 2 fully saturated rings. The van der Waals surface area contributed by atoms with Crippen LogP contribution >= 0.6 is 0 Å². The van der Waals surface area contributed by atoms with Gasteiger partial charge in [0.1, 0.15) is 5.69 Å². The largest absolute Gasteiger partial charge is 0.390 e. The monoisotopic (exact) mass is 304 g/mol. The third-order valence-corrected chi connectivity index (χ3v) is 5.75. The van der Waals surface area contributed by atoms with E-state index in [-0.39, 0.29) is 17.9 Å². The molecule has 2 heterocycles. The predicted molar refractivity (Wildman–Crippen MR) is 86.8 cm³/mol. The molecule has 3 rings (SSSR count). The van der Waals surface area contributed by atoms with Gasteiger partial charge < -0.3 is 14.6 Å². The highest BCUT2D eigenvalue weighted by atomic mass is 16.3. The molecule has 1 amide bonds. The van der Waals surface area contributed by atoms with Gasteiger partial charge in [-0.05, 0) is 51.2 Å². The molecule has 1 N–H and O–H groups in total. The predicted octanol–water partition coefficient (Wildman–Crippen LogP) is 2.88. The van der Waals surface area contributed by atoms with Gasteiger partial charge in [-0.25, -0.2) is 0 Å². The van der Waals surface area contributed by atoms with E-state index in [9.17, 15) is 9.90 Å². The van der Waals surface area contributed by atoms with Crippen molar-refractivity contribution in [1.82, 2.24) is 9.47 Å². The van der Waals surface area contributed by atoms with Crippen LogP contribution in [0, 0.1) is 12.8 Å². The lowest BCUT2D eigenvalue weighted by molar-refractivity contribution is -0.0578. The molecular weight excluding hydrogens is 276 g/mol. The fourth-order valence-corrected chi connectivity index (χ4v) is 4.52. The number of aryl methyl sites for hydroxylation is 2. The Morgan fingerprint density at radius 2 is 2.09 bits per heavy atom. The molecular formula is C18H28N2O2. The van der Waals surface area contributed by atoms with Crippen molar-refractivity contribution in [2.75, 3.05) is 6.54 Å². The number of rotatable bonds is 2. The lowest BCUT2D eigenvalue weighted by Gasteiger charge is -2.43. The third kappa shape index (κ3) is 2.58. The van der Waals surface area contributed by atoms with Crippen molar-refractivity contribution in [3.8, 4) is 0 Å². The quantitative estimate of drug-likeness (QED) is 0.913. The standard InChI is InChI=1S/C18H28N2O2/c1-13-9-12-19(3)16(13)17(21)20-11-6-8-15(20)14-7-4-5-10-18(14,2)22/h9,12,14-15,22H,4-8,10-11H2,1-3H3/t14-,15+,18-/m0/s1. The first-order valence-electron chi connectivity index (χ1n) is 8.57. The zero-order chi connectivity index (χ0) is 15.9. The number of amides is 1. The Bertz CT molecular complexity index is 542. The van der Waals surface area contributed by atoms with Crippen molar-refractivity contribution in [3.63, 3.8) is 0 Å². The van der Waals surface area contributed by atoms with E-state index in [1.807, 2.05) is 42.6 Å². The van der Waals surface area contributed by atoms with Gasteiger partial charge in [-0.3, -0.25) is 4.79 Å². The third-order valence-electron chi connectivity index (χ3n) is 5.75. The van der Waals surface area contributed by atoms with Gasteiger partial charge in [0, 0.05) is 31.7 Å². The van der Waals surface area contributed by atoms with E-state index < -0.39 is 5.60 Å². The lowest BCUT2D eigenvalue weighted by atomic mass is 9.72. The highest BCUT2D eigenvalue weighted by molar-refractivity contribution is 5.94. The summed E-state index contributed by atoms with van der Waals surface area (Å²) in [6.07, 6.45) is 8.18. The maximum atomic E-state index is 13.0. The molecule has 1 aliphatic carbocycles. The van der Waals surface area contributed by atoms with Gasteiger partial charge in [0.25, 0.3) is 5.91 Å². The van der Waals surface area contributed by atoms with E-state index in [0.29, 0.717) is 0 Å². The first-order chi connectivity index (χ1) is 10.4. The summed E-state index contributed by atoms with van der Waals surface area (Å²) in [6.45, 7) is 4.78. The van der Waals surface area contributed by atoms with Crippen LogP contribution in [0.5, 0.6) is 0 Å². The van der Waals surface area contributed by atoms with Crippen molar-refractivity contribution >= 4 is 5.91 Å². The Labute approximate surface area is 133 Å². The summed E-state index contributed by atoms with van der Waals surface area (Å²) < 4.78 is 1.92. The van der Waals surface area contributed by atoms with E-state index >= 15 is 0 Å². The summed E-state index contributed by atoms with van der Waals surface area (Å²) in [4.78, 5) is 15.1. The second-order valence-electron chi connectivity index (χ2n) is 7.38. The highest BCUT2D eigenvalue weighted by Gasteiger charge is 2.45. The molecule has 1 saturated heterocycles. The Morgan fingerprint density at radius 3 is 2.73 bits per heavy atom. The van der Waals surface area contributed by atoms with Crippen LogP contribution in [0.3, 0.4) is 0 Å². The van der Waals surface area contributed by atoms with Crippen LogP contribution in [0.4, 0.5) is 0 Å². The Hall–Kier alpha value is -1.29. The number of likely N-dealkylation sites (tertiary alicyclic amines) is 1. The molecule has 122 valence electrons. The van der Waals surface area contributed by atoms with Crippen molar-refractivity contribution in [3.05, 3.63) is 23.5 Å². The van der Waals surface area contributed by atoms with Gasteiger partial charge in [-0.15, -0.1) is 0 Å². The lowest BCUT2D eigenvalue weighted by Crippen LogP contribution is -2.50. The maximum Gasteiger partial charge on any atom is 0.271 e. The van der Waals surface area contributed by atoms with Crippen molar-refractivity contribution in [1.29, 1.82) is 0 Å². The molecule has 1 saturated carbocycles. The molecule has 0 bridgehead atoms. The fraction of sp³-hybridized carbons (Fsp3) is 0.722. The second-order valence-corrected chi connectivity index (χ2v) is 7.38.